The van der Waals surface area contributed by atoms with Crippen LogP contribution in [-0.4, -0.2) is 5.11 Å². The standard InChI is InChI=1S/C17H16Cl2O2/c18-12-8-7-11(15(19)9-12)10-21-17-6-2-3-13-14(17)4-1-5-16(13)20/h2-3,6-9,16,20H,1,4-5,10H2. The van der Waals surface area contributed by atoms with E-state index in [1.165, 1.54) is 0 Å². The normalized spacial score (nSPS) is 17.4. The fraction of sp³-hybridized carbons (Fsp3) is 0.294. The van der Waals surface area contributed by atoms with Crippen molar-refractivity contribution in [2.45, 2.75) is 32.0 Å². The molecule has 0 heterocycles. The van der Waals surface area contributed by atoms with Crippen molar-refractivity contribution in [3.05, 3.63) is 63.1 Å². The molecule has 0 aromatic heterocycles. The van der Waals surface area contributed by atoms with Crippen LogP contribution in [0, 0.1) is 0 Å². The molecule has 2 aromatic carbocycles. The van der Waals surface area contributed by atoms with E-state index in [1.54, 1.807) is 12.1 Å². The van der Waals surface area contributed by atoms with E-state index in [-0.39, 0.29) is 6.10 Å². The van der Waals surface area contributed by atoms with Crippen LogP contribution in [0.25, 0.3) is 0 Å². The number of fused-ring (bicyclic) bond motifs is 1. The van der Waals surface area contributed by atoms with Crippen molar-refractivity contribution in [1.82, 2.24) is 0 Å². The second-order valence-electron chi connectivity index (χ2n) is 5.26. The summed E-state index contributed by atoms with van der Waals surface area (Å²) in [6, 6.07) is 11.2. The Kier molecular flexibility index (Phi) is 4.39. The quantitative estimate of drug-likeness (QED) is 0.867. The molecule has 3 rings (SSSR count). The third-order valence-electron chi connectivity index (χ3n) is 3.83. The molecule has 2 nitrogen and oxygen atoms in total. The second kappa shape index (κ2) is 6.27. The predicted octanol–water partition coefficient (Wildman–Crippen LogP) is 4.94. The van der Waals surface area contributed by atoms with E-state index < -0.39 is 0 Å². The van der Waals surface area contributed by atoms with Crippen LogP contribution in [0.1, 0.15) is 35.6 Å². The van der Waals surface area contributed by atoms with Crippen molar-refractivity contribution in [2.75, 3.05) is 0 Å². The molecule has 1 unspecified atom stereocenters. The molecule has 0 spiro atoms. The zero-order valence-electron chi connectivity index (χ0n) is 11.5. The van der Waals surface area contributed by atoms with Gasteiger partial charge in [-0.05, 0) is 48.6 Å². The molecule has 21 heavy (non-hydrogen) atoms. The summed E-state index contributed by atoms with van der Waals surface area (Å²) in [4.78, 5) is 0. The maximum atomic E-state index is 10.1. The Labute approximate surface area is 134 Å². The van der Waals surface area contributed by atoms with Crippen LogP contribution in [0.4, 0.5) is 0 Å². The van der Waals surface area contributed by atoms with Crippen molar-refractivity contribution in [3.63, 3.8) is 0 Å². The molecule has 0 saturated heterocycles. The molecule has 110 valence electrons. The summed E-state index contributed by atoms with van der Waals surface area (Å²) in [5.74, 6) is 0.831. The number of hydrogen-bond acceptors (Lipinski definition) is 2. The lowest BCUT2D eigenvalue weighted by Gasteiger charge is -2.23. The van der Waals surface area contributed by atoms with Gasteiger partial charge in [0.15, 0.2) is 0 Å². The van der Waals surface area contributed by atoms with E-state index in [1.807, 2.05) is 24.3 Å². The molecule has 2 aromatic rings. The minimum atomic E-state index is -0.378. The van der Waals surface area contributed by atoms with Crippen LogP contribution < -0.4 is 4.74 Å². The average molecular weight is 323 g/mol. The number of aliphatic hydroxyl groups is 1. The molecule has 0 amide bonds. The second-order valence-corrected chi connectivity index (χ2v) is 6.10. The topological polar surface area (TPSA) is 29.5 Å². The van der Waals surface area contributed by atoms with Crippen molar-refractivity contribution < 1.29 is 9.84 Å². The lowest BCUT2D eigenvalue weighted by Crippen LogP contribution is -2.11. The number of rotatable bonds is 3. The molecule has 1 atom stereocenters. The summed E-state index contributed by atoms with van der Waals surface area (Å²) in [6.07, 6.45) is 2.36. The van der Waals surface area contributed by atoms with Crippen LogP contribution in [-0.2, 0) is 13.0 Å². The Hall–Kier alpha value is -1.22. The van der Waals surface area contributed by atoms with Crippen molar-refractivity contribution >= 4 is 23.2 Å². The Morgan fingerprint density at radius 1 is 1.19 bits per heavy atom. The first-order valence-corrected chi connectivity index (χ1v) is 7.77. The number of halogens is 2. The highest BCUT2D eigenvalue weighted by Gasteiger charge is 2.20. The molecule has 0 radical (unpaired) electrons. The van der Waals surface area contributed by atoms with E-state index in [9.17, 15) is 5.11 Å². The fourth-order valence-corrected chi connectivity index (χ4v) is 3.18. The smallest absolute Gasteiger partial charge is 0.123 e. The third-order valence-corrected chi connectivity index (χ3v) is 4.42. The van der Waals surface area contributed by atoms with Crippen LogP contribution >= 0.6 is 23.2 Å². The first kappa shape index (κ1) is 14.7. The van der Waals surface area contributed by atoms with Gasteiger partial charge in [-0.3, -0.25) is 0 Å². The minimum Gasteiger partial charge on any atom is -0.489 e. The van der Waals surface area contributed by atoms with Crippen molar-refractivity contribution in [1.29, 1.82) is 0 Å². The summed E-state index contributed by atoms with van der Waals surface area (Å²) >= 11 is 12.0. The number of ether oxygens (including phenoxy) is 1. The molecule has 1 N–H and O–H groups in total. The third kappa shape index (κ3) is 3.18. The van der Waals surface area contributed by atoms with Crippen LogP contribution in [0.15, 0.2) is 36.4 Å². The lowest BCUT2D eigenvalue weighted by atomic mass is 9.89. The van der Waals surface area contributed by atoms with E-state index in [0.717, 1.165) is 41.7 Å². The molecule has 0 saturated carbocycles. The average Bonchev–Trinajstić information content (AvgIpc) is 2.47. The number of benzene rings is 2. The number of aliphatic hydroxyl groups excluding tert-OH is 1. The van der Waals surface area contributed by atoms with Crippen LogP contribution in [0.3, 0.4) is 0 Å². The molecule has 0 bridgehead atoms. The SMILES string of the molecule is OC1CCCc2c(OCc3ccc(Cl)cc3Cl)cccc21. The highest BCUT2D eigenvalue weighted by Crippen LogP contribution is 2.35. The molecule has 1 aliphatic rings. The lowest BCUT2D eigenvalue weighted by molar-refractivity contribution is 0.155. The Balaban J connectivity index is 1.81. The van der Waals surface area contributed by atoms with Gasteiger partial charge in [-0.25, -0.2) is 0 Å². The van der Waals surface area contributed by atoms with Gasteiger partial charge in [0, 0.05) is 15.6 Å². The maximum absolute atomic E-state index is 10.1. The van der Waals surface area contributed by atoms with Crippen molar-refractivity contribution in [2.24, 2.45) is 0 Å². The summed E-state index contributed by atoms with van der Waals surface area (Å²) in [6.45, 7) is 0.391. The van der Waals surface area contributed by atoms with Gasteiger partial charge >= 0.3 is 0 Å². The molecular weight excluding hydrogens is 307 g/mol. The van der Waals surface area contributed by atoms with E-state index >= 15 is 0 Å². The molecule has 0 aliphatic heterocycles. The molecule has 0 fully saturated rings. The van der Waals surface area contributed by atoms with Gasteiger partial charge in [-0.2, -0.15) is 0 Å². The Morgan fingerprint density at radius 2 is 2.05 bits per heavy atom. The van der Waals surface area contributed by atoms with Gasteiger partial charge < -0.3 is 9.84 Å². The fourth-order valence-electron chi connectivity index (χ4n) is 2.72. The van der Waals surface area contributed by atoms with Gasteiger partial charge in [0.1, 0.15) is 12.4 Å². The molecule has 1 aliphatic carbocycles. The van der Waals surface area contributed by atoms with Gasteiger partial charge in [0.2, 0.25) is 0 Å². The number of hydrogen-bond donors (Lipinski definition) is 1. The predicted molar refractivity (Wildman–Crippen MR) is 85.1 cm³/mol. The first-order valence-electron chi connectivity index (χ1n) is 7.02. The zero-order valence-corrected chi connectivity index (χ0v) is 13.0. The largest absolute Gasteiger partial charge is 0.489 e. The summed E-state index contributed by atoms with van der Waals surface area (Å²) in [7, 11) is 0. The highest BCUT2D eigenvalue weighted by molar-refractivity contribution is 6.35. The van der Waals surface area contributed by atoms with Crippen LogP contribution in [0.5, 0.6) is 5.75 Å². The van der Waals surface area contributed by atoms with E-state index in [2.05, 4.69) is 0 Å². The molecular formula is C17H16Cl2O2. The van der Waals surface area contributed by atoms with E-state index in [4.69, 9.17) is 27.9 Å². The van der Waals surface area contributed by atoms with Gasteiger partial charge in [0.25, 0.3) is 0 Å². The monoisotopic (exact) mass is 322 g/mol. The van der Waals surface area contributed by atoms with E-state index in [0.29, 0.717) is 16.7 Å². The maximum Gasteiger partial charge on any atom is 0.123 e. The Bertz CT molecular complexity index is 655. The van der Waals surface area contributed by atoms with Crippen molar-refractivity contribution in [3.8, 4) is 5.75 Å². The van der Waals surface area contributed by atoms with Gasteiger partial charge in [0.05, 0.1) is 6.10 Å². The Morgan fingerprint density at radius 3 is 2.86 bits per heavy atom. The summed E-state index contributed by atoms with van der Waals surface area (Å²) in [5, 5.41) is 11.3. The van der Waals surface area contributed by atoms with Gasteiger partial charge in [-0.15, -0.1) is 0 Å². The molecule has 4 heteroatoms. The van der Waals surface area contributed by atoms with Gasteiger partial charge in [-0.1, -0.05) is 41.4 Å². The highest BCUT2D eigenvalue weighted by atomic mass is 35.5. The zero-order chi connectivity index (χ0) is 14.8. The first-order chi connectivity index (χ1) is 10.1. The van der Waals surface area contributed by atoms with Crippen LogP contribution in [0.2, 0.25) is 10.0 Å². The summed E-state index contributed by atoms with van der Waals surface area (Å²) in [5.41, 5.74) is 3.00. The minimum absolute atomic E-state index is 0.378. The summed E-state index contributed by atoms with van der Waals surface area (Å²) < 4.78 is 5.92.